The zero-order chi connectivity index (χ0) is 21.0. The predicted molar refractivity (Wildman–Crippen MR) is 140 cm³/mol. The highest BCUT2D eigenvalue weighted by Crippen LogP contribution is 2.25. The van der Waals surface area contributed by atoms with Crippen LogP contribution in [0.25, 0.3) is 0 Å². The van der Waals surface area contributed by atoms with Crippen molar-refractivity contribution >= 4 is 39.2 Å². The molecule has 2 nitrogen and oxygen atoms in total. The summed E-state index contributed by atoms with van der Waals surface area (Å²) in [5, 5.41) is 0. The van der Waals surface area contributed by atoms with Crippen LogP contribution in [0.2, 0.25) is 24.2 Å². The molecule has 0 aromatic carbocycles. The van der Waals surface area contributed by atoms with Gasteiger partial charge in [0.05, 0.1) is 17.6 Å². The van der Waals surface area contributed by atoms with Crippen molar-refractivity contribution < 1.29 is 9.47 Å². The lowest BCUT2D eigenvalue weighted by atomic mass is 10.2. The Hall–Kier alpha value is 1.05. The van der Waals surface area contributed by atoms with E-state index in [2.05, 4.69) is 63.1 Å². The molecule has 0 saturated carbocycles. The summed E-state index contributed by atoms with van der Waals surface area (Å²) < 4.78 is 12.1. The number of hydrogen-bond donors (Lipinski definition) is 0. The molecule has 0 aliphatic rings. The van der Waals surface area contributed by atoms with E-state index in [9.17, 15) is 0 Å². The third kappa shape index (κ3) is 14.1. The Balaban J connectivity index is 3.72. The molecule has 0 fully saturated rings. The van der Waals surface area contributed by atoms with Crippen LogP contribution in [0.4, 0.5) is 0 Å². The second-order valence-corrected chi connectivity index (χ2v) is 18.3. The van der Waals surface area contributed by atoms with E-state index in [4.69, 9.17) is 9.47 Å². The molecule has 0 heterocycles. The highest BCUT2D eigenvalue weighted by Gasteiger charge is 2.20. The van der Waals surface area contributed by atoms with Crippen molar-refractivity contribution in [3.63, 3.8) is 0 Å². The van der Waals surface area contributed by atoms with Gasteiger partial charge in [-0.15, -0.1) is 0 Å². The molecule has 2 atom stereocenters. The summed E-state index contributed by atoms with van der Waals surface area (Å²) in [6.07, 6.45) is 7.99. The van der Waals surface area contributed by atoms with Crippen LogP contribution in [0.1, 0.15) is 80.1 Å². The maximum atomic E-state index is 6.07. The molecule has 0 amide bonds. The highest BCUT2D eigenvalue weighted by molar-refractivity contribution is 8.76. The molecule has 0 radical (unpaired) electrons. The molecule has 0 spiro atoms. The molecule has 170 valence electrons. The van der Waals surface area contributed by atoms with Gasteiger partial charge in [-0.3, -0.25) is 0 Å². The van der Waals surface area contributed by atoms with E-state index in [-0.39, 0.29) is 0 Å². The second-order valence-electron chi connectivity index (χ2n) is 7.78. The average Bonchev–Trinajstić information content (AvgIpc) is 2.70. The summed E-state index contributed by atoms with van der Waals surface area (Å²) in [6, 6.07) is 5.54. The fourth-order valence-corrected chi connectivity index (χ4v) is 12.0. The van der Waals surface area contributed by atoms with Crippen LogP contribution in [-0.2, 0) is 9.47 Å². The monoisotopic (exact) mass is 466 g/mol. The number of hydrogen-bond acceptors (Lipinski definition) is 4. The van der Waals surface area contributed by atoms with Gasteiger partial charge in [-0.1, -0.05) is 86.3 Å². The fourth-order valence-electron chi connectivity index (χ4n) is 4.10. The van der Waals surface area contributed by atoms with Gasteiger partial charge in [0.25, 0.3) is 0 Å². The van der Waals surface area contributed by atoms with E-state index < -0.39 is 17.6 Å². The van der Waals surface area contributed by atoms with Crippen molar-refractivity contribution in [3.8, 4) is 0 Å². The highest BCUT2D eigenvalue weighted by atomic mass is 33.1. The van der Waals surface area contributed by atoms with Gasteiger partial charge < -0.3 is 9.47 Å². The Morgan fingerprint density at radius 1 is 0.571 bits per heavy atom. The van der Waals surface area contributed by atoms with Crippen molar-refractivity contribution in [2.45, 2.75) is 116 Å². The molecular weight excluding hydrogens is 417 g/mol. The molecule has 0 rings (SSSR count). The minimum absolute atomic E-state index is 0.620. The van der Waals surface area contributed by atoms with Crippen LogP contribution in [0.5, 0.6) is 0 Å². The molecule has 0 saturated heterocycles. The molecule has 0 bridgehead atoms. The Labute approximate surface area is 188 Å². The maximum absolute atomic E-state index is 6.07. The molecule has 0 aliphatic carbocycles. The van der Waals surface area contributed by atoms with Crippen LogP contribution in [0.15, 0.2) is 0 Å². The summed E-state index contributed by atoms with van der Waals surface area (Å²) in [4.78, 5) is 0. The Morgan fingerprint density at radius 2 is 0.929 bits per heavy atom. The molecule has 2 unspecified atom stereocenters. The van der Waals surface area contributed by atoms with Crippen LogP contribution in [0.3, 0.4) is 0 Å². The molecule has 0 aromatic heterocycles. The van der Waals surface area contributed by atoms with Gasteiger partial charge in [0, 0.05) is 36.2 Å². The third-order valence-corrected chi connectivity index (χ3v) is 15.9. The predicted octanol–water partition coefficient (Wildman–Crippen LogP) is 7.13. The molecule has 6 heteroatoms. The van der Waals surface area contributed by atoms with Gasteiger partial charge in [0.15, 0.2) is 0 Å². The third-order valence-electron chi connectivity index (χ3n) is 5.93. The molecule has 0 aromatic rings. The number of rotatable bonds is 21. The molecule has 28 heavy (non-hydrogen) atoms. The Morgan fingerprint density at radius 3 is 1.21 bits per heavy atom. The first-order chi connectivity index (χ1) is 13.7. The number of unbranched alkanes of at least 4 members (excludes halogenated alkanes) is 2. The van der Waals surface area contributed by atoms with E-state index >= 15 is 0 Å². The van der Waals surface area contributed by atoms with Gasteiger partial charge in [-0.25, -0.2) is 0 Å². The van der Waals surface area contributed by atoms with E-state index in [1.807, 2.05) is 0 Å². The van der Waals surface area contributed by atoms with Crippen molar-refractivity contribution in [1.82, 2.24) is 0 Å². The first-order valence-electron chi connectivity index (χ1n) is 12.2. The number of ether oxygens (including phenoxy) is 2. The molecule has 0 aliphatic heterocycles. The van der Waals surface area contributed by atoms with Gasteiger partial charge in [0.2, 0.25) is 0 Å². The normalized spacial score (nSPS) is 14.1. The SMILES string of the molecule is CCOC(CCCCSSCCCCC(OCC)[SiH](CC)CC)[SiH](CC)CC. The Kier molecular flexibility index (Phi) is 22.1. The van der Waals surface area contributed by atoms with Crippen LogP contribution < -0.4 is 0 Å². The van der Waals surface area contributed by atoms with Gasteiger partial charge in [-0.2, -0.15) is 0 Å². The van der Waals surface area contributed by atoms with Crippen LogP contribution in [0, 0.1) is 0 Å². The van der Waals surface area contributed by atoms with E-state index in [1.54, 1.807) is 0 Å². The molecular formula is C22H50O2S2Si2. The van der Waals surface area contributed by atoms with Crippen molar-refractivity contribution in [1.29, 1.82) is 0 Å². The van der Waals surface area contributed by atoms with Gasteiger partial charge >= 0.3 is 0 Å². The van der Waals surface area contributed by atoms with Gasteiger partial charge in [-0.05, 0) is 39.5 Å². The lowest BCUT2D eigenvalue weighted by molar-refractivity contribution is 0.106. The zero-order valence-corrected chi connectivity index (χ0v) is 23.8. The summed E-state index contributed by atoms with van der Waals surface area (Å²) in [5.41, 5.74) is 1.24. The second kappa shape index (κ2) is 21.3. The minimum atomic E-state index is -0.671. The Bertz CT molecular complexity index is 287. The molecule has 0 N–H and O–H groups in total. The topological polar surface area (TPSA) is 18.5 Å². The van der Waals surface area contributed by atoms with Crippen molar-refractivity contribution in [2.24, 2.45) is 0 Å². The van der Waals surface area contributed by atoms with Crippen molar-refractivity contribution in [3.05, 3.63) is 0 Å². The summed E-state index contributed by atoms with van der Waals surface area (Å²) in [7, 11) is 2.83. The first-order valence-corrected chi connectivity index (χ1v) is 19.2. The van der Waals surface area contributed by atoms with Crippen LogP contribution in [-0.4, -0.2) is 53.8 Å². The minimum Gasteiger partial charge on any atom is -0.382 e. The van der Waals surface area contributed by atoms with E-state index in [0.29, 0.717) is 11.5 Å². The van der Waals surface area contributed by atoms with Crippen LogP contribution >= 0.6 is 21.6 Å². The fraction of sp³-hybridized carbons (Fsp3) is 1.00. The lowest BCUT2D eigenvalue weighted by Gasteiger charge is -2.24. The quantitative estimate of drug-likeness (QED) is 0.102. The standard InChI is InChI=1S/C22H50O2S2Si2/c1-7-23-21(27(9-3)10-4)17-13-15-19-25-26-20-16-14-18-22(24-8-2)28(11-5)12-6/h21-22,27-28H,7-20H2,1-6H3. The zero-order valence-electron chi connectivity index (χ0n) is 19.8. The maximum Gasteiger partial charge on any atom is 0.0711 e. The van der Waals surface area contributed by atoms with E-state index in [1.165, 1.54) is 74.2 Å². The summed E-state index contributed by atoms with van der Waals surface area (Å²) in [5.74, 6) is 2.60. The average molecular weight is 467 g/mol. The lowest BCUT2D eigenvalue weighted by Crippen LogP contribution is -2.32. The summed E-state index contributed by atoms with van der Waals surface area (Å²) >= 11 is 0. The summed E-state index contributed by atoms with van der Waals surface area (Å²) in [6.45, 7) is 15.5. The largest absolute Gasteiger partial charge is 0.382 e. The first kappa shape index (κ1) is 29.1. The van der Waals surface area contributed by atoms with Crippen molar-refractivity contribution in [2.75, 3.05) is 24.7 Å². The van der Waals surface area contributed by atoms with E-state index in [0.717, 1.165) is 13.2 Å². The van der Waals surface area contributed by atoms with Gasteiger partial charge in [0.1, 0.15) is 0 Å². The smallest absolute Gasteiger partial charge is 0.0711 e.